The van der Waals surface area contributed by atoms with Gasteiger partial charge < -0.3 is 14.2 Å². The molecule has 0 aliphatic heterocycles. The van der Waals surface area contributed by atoms with Gasteiger partial charge >= 0.3 is 12.1 Å². The average Bonchev–Trinajstić information content (AvgIpc) is 3.09. The molecular formula is C23H25NO5. The van der Waals surface area contributed by atoms with Gasteiger partial charge in [-0.05, 0) is 44.0 Å². The predicted octanol–water partition coefficient (Wildman–Crippen LogP) is 4.72. The Balaban J connectivity index is 1.70. The molecule has 29 heavy (non-hydrogen) atoms. The molecule has 0 radical (unpaired) electrons. The Kier molecular flexibility index (Phi) is 6.54. The van der Waals surface area contributed by atoms with E-state index in [4.69, 9.17) is 9.47 Å². The second kappa shape index (κ2) is 9.28. The zero-order valence-corrected chi connectivity index (χ0v) is 16.9. The van der Waals surface area contributed by atoms with E-state index in [-0.39, 0.29) is 12.1 Å². The molecule has 0 aliphatic carbocycles. The van der Waals surface area contributed by atoms with E-state index < -0.39 is 6.09 Å². The second-order valence-corrected chi connectivity index (χ2v) is 6.98. The lowest BCUT2D eigenvalue weighted by atomic mass is 10.1. The van der Waals surface area contributed by atoms with Gasteiger partial charge in [0.2, 0.25) is 0 Å². The maximum atomic E-state index is 12.4. The molecule has 6 nitrogen and oxygen atoms in total. The molecule has 1 aromatic heterocycles. The zero-order valence-electron chi connectivity index (χ0n) is 16.9. The van der Waals surface area contributed by atoms with Gasteiger partial charge in [0.25, 0.3) is 0 Å². The molecule has 6 heteroatoms. The van der Waals surface area contributed by atoms with Crippen LogP contribution in [0.25, 0.3) is 10.9 Å². The van der Waals surface area contributed by atoms with E-state index in [0.717, 1.165) is 22.0 Å². The monoisotopic (exact) mass is 395 g/mol. The summed E-state index contributed by atoms with van der Waals surface area (Å²) in [4.78, 5) is 23.6. The van der Waals surface area contributed by atoms with E-state index in [1.807, 2.05) is 62.4 Å². The summed E-state index contributed by atoms with van der Waals surface area (Å²) in [6, 6.07) is 15.3. The van der Waals surface area contributed by atoms with Crippen LogP contribution in [0.5, 0.6) is 5.75 Å². The molecule has 2 aromatic carbocycles. The van der Waals surface area contributed by atoms with Gasteiger partial charge in [0, 0.05) is 23.6 Å². The first-order chi connectivity index (χ1) is 14.0. The van der Waals surface area contributed by atoms with Crippen LogP contribution < -0.4 is 4.74 Å². The number of benzene rings is 2. The standard InChI is InChI=1S/C23H25NO5/c1-16(2)29-23(26)24-14-18(20-6-4-5-7-21(20)24)15-28-19-11-8-17(9-12-19)10-13-22(25)27-3/h4-9,11-12,14,16H,10,13,15H2,1-3H3. The lowest BCUT2D eigenvalue weighted by molar-refractivity contribution is -0.140. The number of hydrogen-bond acceptors (Lipinski definition) is 5. The Morgan fingerprint density at radius 2 is 1.76 bits per heavy atom. The first-order valence-corrected chi connectivity index (χ1v) is 9.56. The molecule has 0 N–H and O–H groups in total. The van der Waals surface area contributed by atoms with Crippen molar-refractivity contribution in [3.05, 3.63) is 65.9 Å². The van der Waals surface area contributed by atoms with Crippen molar-refractivity contribution in [1.82, 2.24) is 4.57 Å². The summed E-state index contributed by atoms with van der Waals surface area (Å²) < 4.78 is 17.4. The quantitative estimate of drug-likeness (QED) is 0.542. The minimum Gasteiger partial charge on any atom is -0.489 e. The fraction of sp³-hybridized carbons (Fsp3) is 0.304. The van der Waals surface area contributed by atoms with Gasteiger partial charge in [-0.3, -0.25) is 9.36 Å². The maximum Gasteiger partial charge on any atom is 0.418 e. The number of aryl methyl sites for hydroxylation is 1. The van der Waals surface area contributed by atoms with Crippen LogP contribution in [0.1, 0.15) is 31.4 Å². The molecule has 1 heterocycles. The van der Waals surface area contributed by atoms with Crippen LogP contribution >= 0.6 is 0 Å². The highest BCUT2D eigenvalue weighted by molar-refractivity contribution is 5.91. The van der Waals surface area contributed by atoms with E-state index in [1.54, 1.807) is 6.20 Å². The highest BCUT2D eigenvalue weighted by atomic mass is 16.6. The summed E-state index contributed by atoms with van der Waals surface area (Å²) in [7, 11) is 1.39. The van der Waals surface area contributed by atoms with Crippen LogP contribution in [-0.4, -0.2) is 29.8 Å². The van der Waals surface area contributed by atoms with Crippen molar-refractivity contribution in [1.29, 1.82) is 0 Å². The molecular weight excluding hydrogens is 370 g/mol. The van der Waals surface area contributed by atoms with E-state index in [0.29, 0.717) is 25.2 Å². The smallest absolute Gasteiger partial charge is 0.418 e. The van der Waals surface area contributed by atoms with E-state index in [9.17, 15) is 9.59 Å². The van der Waals surface area contributed by atoms with Crippen LogP contribution in [-0.2, 0) is 27.3 Å². The van der Waals surface area contributed by atoms with Crippen LogP contribution in [0.15, 0.2) is 54.7 Å². The number of para-hydroxylation sites is 1. The Bertz CT molecular complexity index is 988. The molecule has 152 valence electrons. The third-order valence-corrected chi connectivity index (χ3v) is 4.49. The molecule has 0 spiro atoms. The number of rotatable bonds is 7. The normalized spacial score (nSPS) is 10.9. The molecule has 0 amide bonds. The highest BCUT2D eigenvalue weighted by Crippen LogP contribution is 2.24. The fourth-order valence-electron chi connectivity index (χ4n) is 3.04. The van der Waals surface area contributed by atoms with Gasteiger partial charge in [0.15, 0.2) is 0 Å². The fourth-order valence-corrected chi connectivity index (χ4v) is 3.04. The molecule has 0 fully saturated rings. The lowest BCUT2D eigenvalue weighted by Crippen LogP contribution is -2.17. The molecule has 3 aromatic rings. The largest absolute Gasteiger partial charge is 0.489 e. The summed E-state index contributed by atoms with van der Waals surface area (Å²) in [6.45, 7) is 3.97. The SMILES string of the molecule is COC(=O)CCc1ccc(OCc2cn(C(=O)OC(C)C)c3ccccc23)cc1. The number of methoxy groups -OCH3 is 1. The Labute approximate surface area is 170 Å². The van der Waals surface area contributed by atoms with Gasteiger partial charge in [-0.15, -0.1) is 0 Å². The number of carbonyl (C=O) groups is 2. The van der Waals surface area contributed by atoms with E-state index in [2.05, 4.69) is 4.74 Å². The predicted molar refractivity (Wildman–Crippen MR) is 110 cm³/mol. The Morgan fingerprint density at radius 1 is 1.03 bits per heavy atom. The number of hydrogen-bond donors (Lipinski definition) is 0. The number of ether oxygens (including phenoxy) is 3. The number of esters is 1. The van der Waals surface area contributed by atoms with Crippen molar-refractivity contribution in [2.24, 2.45) is 0 Å². The first kappa shape index (κ1) is 20.5. The van der Waals surface area contributed by atoms with Crippen LogP contribution in [0, 0.1) is 0 Å². The van der Waals surface area contributed by atoms with E-state index >= 15 is 0 Å². The van der Waals surface area contributed by atoms with Crippen molar-refractivity contribution in [3.63, 3.8) is 0 Å². The molecule has 3 rings (SSSR count). The maximum absolute atomic E-state index is 12.4. The van der Waals surface area contributed by atoms with Gasteiger partial charge in [0.1, 0.15) is 12.4 Å². The summed E-state index contributed by atoms with van der Waals surface area (Å²) in [5, 5.41) is 0.947. The second-order valence-electron chi connectivity index (χ2n) is 6.98. The number of carbonyl (C=O) groups excluding carboxylic acids is 2. The summed E-state index contributed by atoms with van der Waals surface area (Å²) in [5.41, 5.74) is 2.72. The third-order valence-electron chi connectivity index (χ3n) is 4.49. The summed E-state index contributed by atoms with van der Waals surface area (Å²) in [5.74, 6) is 0.492. The number of aromatic nitrogens is 1. The first-order valence-electron chi connectivity index (χ1n) is 9.56. The van der Waals surface area contributed by atoms with Crippen LogP contribution in [0.2, 0.25) is 0 Å². The topological polar surface area (TPSA) is 66.8 Å². The van der Waals surface area contributed by atoms with Gasteiger partial charge in [0.05, 0.1) is 18.7 Å². The molecule has 0 atom stereocenters. The van der Waals surface area contributed by atoms with E-state index in [1.165, 1.54) is 11.7 Å². The zero-order chi connectivity index (χ0) is 20.8. The van der Waals surface area contributed by atoms with Crippen molar-refractivity contribution in [3.8, 4) is 5.75 Å². The minimum atomic E-state index is -0.405. The van der Waals surface area contributed by atoms with Crippen LogP contribution in [0.3, 0.4) is 0 Å². The van der Waals surface area contributed by atoms with Crippen molar-refractivity contribution in [2.75, 3.05) is 7.11 Å². The number of fused-ring (bicyclic) bond motifs is 1. The highest BCUT2D eigenvalue weighted by Gasteiger charge is 2.15. The Hall–Kier alpha value is -3.28. The molecule has 0 unspecified atom stereocenters. The summed E-state index contributed by atoms with van der Waals surface area (Å²) >= 11 is 0. The third kappa shape index (κ3) is 5.16. The summed E-state index contributed by atoms with van der Waals surface area (Å²) in [6.07, 6.45) is 2.14. The minimum absolute atomic E-state index is 0.193. The molecule has 0 aliphatic rings. The molecule has 0 saturated carbocycles. The Morgan fingerprint density at radius 3 is 2.45 bits per heavy atom. The van der Waals surface area contributed by atoms with Gasteiger partial charge in [-0.1, -0.05) is 30.3 Å². The molecule has 0 bridgehead atoms. The van der Waals surface area contributed by atoms with Crippen molar-refractivity contribution in [2.45, 2.75) is 39.4 Å². The van der Waals surface area contributed by atoms with Crippen LogP contribution in [0.4, 0.5) is 4.79 Å². The van der Waals surface area contributed by atoms with Gasteiger partial charge in [-0.2, -0.15) is 0 Å². The average molecular weight is 395 g/mol. The lowest BCUT2D eigenvalue weighted by Gasteiger charge is -2.08. The number of nitrogens with zero attached hydrogens (tertiary/aromatic N) is 1. The van der Waals surface area contributed by atoms with Crippen molar-refractivity contribution < 1.29 is 23.8 Å². The molecule has 0 saturated heterocycles. The van der Waals surface area contributed by atoms with Crippen molar-refractivity contribution >= 4 is 23.0 Å². The van der Waals surface area contributed by atoms with Gasteiger partial charge in [-0.25, -0.2) is 4.79 Å².